The molecule has 0 bridgehead atoms. The second-order valence-corrected chi connectivity index (χ2v) is 10.6. The van der Waals surface area contributed by atoms with E-state index < -0.39 is 10.0 Å². The van der Waals surface area contributed by atoms with E-state index in [0.717, 1.165) is 15.4 Å². The molecule has 4 aromatic rings. The summed E-state index contributed by atoms with van der Waals surface area (Å²) in [7, 11) is -3.72. The van der Waals surface area contributed by atoms with Crippen molar-refractivity contribution in [1.82, 2.24) is 0 Å². The number of para-hydroxylation sites is 1. The molecule has 0 aliphatic rings. The number of carbonyl (C=O) groups excluding carboxylic acids is 1. The number of anilines is 2. The summed E-state index contributed by atoms with van der Waals surface area (Å²) >= 11 is 1.57. The number of benzene rings is 4. The Labute approximate surface area is 204 Å². The Balaban J connectivity index is 1.50. The van der Waals surface area contributed by atoms with Gasteiger partial charge in [0.05, 0.1) is 16.3 Å². The molecule has 4 rings (SSSR count). The fourth-order valence-corrected chi connectivity index (χ4v) is 5.36. The fraction of sp³-hybridized carbons (Fsp3) is 0.0741. The van der Waals surface area contributed by atoms with Crippen LogP contribution in [0.15, 0.2) is 112 Å². The Morgan fingerprint density at radius 3 is 2.15 bits per heavy atom. The Kier molecular flexibility index (Phi) is 7.05. The van der Waals surface area contributed by atoms with Crippen molar-refractivity contribution in [3.8, 4) is 0 Å². The average molecular weight is 489 g/mol. The second-order valence-electron chi connectivity index (χ2n) is 7.81. The lowest BCUT2D eigenvalue weighted by Gasteiger charge is -2.13. The molecule has 7 heteroatoms. The Morgan fingerprint density at radius 2 is 1.44 bits per heavy atom. The van der Waals surface area contributed by atoms with Crippen molar-refractivity contribution in [3.63, 3.8) is 0 Å². The standard InChI is InChI=1S/C27H24N2O3S2/c1-19-12-15-23(16-13-19)34(31,32)29-24-17-14-21(18-20(24)2)27(30)28-25-10-6-7-11-26(25)33-22-8-4-3-5-9-22/h3-18,29H,1-2H3,(H,28,30). The van der Waals surface area contributed by atoms with Gasteiger partial charge < -0.3 is 5.32 Å². The minimum atomic E-state index is -3.72. The van der Waals surface area contributed by atoms with E-state index in [0.29, 0.717) is 22.5 Å². The molecule has 0 spiro atoms. The van der Waals surface area contributed by atoms with Crippen LogP contribution >= 0.6 is 11.8 Å². The summed E-state index contributed by atoms with van der Waals surface area (Å²) in [5.41, 5.74) is 3.21. The number of aryl methyl sites for hydroxylation is 2. The first-order valence-corrected chi connectivity index (χ1v) is 13.0. The Morgan fingerprint density at radius 1 is 0.765 bits per heavy atom. The van der Waals surface area contributed by atoms with Crippen LogP contribution in [0.4, 0.5) is 11.4 Å². The highest BCUT2D eigenvalue weighted by Gasteiger charge is 2.17. The lowest BCUT2D eigenvalue weighted by Crippen LogP contribution is -2.15. The molecule has 1 amide bonds. The predicted octanol–water partition coefficient (Wildman–Crippen LogP) is 6.51. The van der Waals surface area contributed by atoms with Gasteiger partial charge in [-0.2, -0.15) is 0 Å². The van der Waals surface area contributed by atoms with Crippen LogP contribution in [0, 0.1) is 13.8 Å². The van der Waals surface area contributed by atoms with Gasteiger partial charge >= 0.3 is 0 Å². The van der Waals surface area contributed by atoms with Crippen LogP contribution in [0.25, 0.3) is 0 Å². The third-order valence-electron chi connectivity index (χ3n) is 5.17. The van der Waals surface area contributed by atoms with Crippen molar-refractivity contribution in [3.05, 3.63) is 114 Å². The van der Waals surface area contributed by atoms with Crippen molar-refractivity contribution < 1.29 is 13.2 Å². The number of hydrogen-bond acceptors (Lipinski definition) is 4. The minimum absolute atomic E-state index is 0.187. The van der Waals surface area contributed by atoms with E-state index in [2.05, 4.69) is 10.0 Å². The predicted molar refractivity (Wildman–Crippen MR) is 138 cm³/mol. The largest absolute Gasteiger partial charge is 0.321 e. The normalized spacial score (nSPS) is 11.1. The first-order valence-electron chi connectivity index (χ1n) is 10.7. The topological polar surface area (TPSA) is 75.3 Å². The molecule has 0 atom stereocenters. The highest BCUT2D eigenvalue weighted by atomic mass is 32.2. The van der Waals surface area contributed by atoms with E-state index in [1.807, 2.05) is 61.5 Å². The van der Waals surface area contributed by atoms with Gasteiger partial charge in [-0.25, -0.2) is 8.42 Å². The van der Waals surface area contributed by atoms with E-state index >= 15 is 0 Å². The number of carbonyl (C=O) groups is 1. The summed E-state index contributed by atoms with van der Waals surface area (Å²) in [4.78, 5) is 15.2. The highest BCUT2D eigenvalue weighted by molar-refractivity contribution is 7.99. The van der Waals surface area contributed by atoms with E-state index in [1.165, 1.54) is 0 Å². The van der Waals surface area contributed by atoms with Crippen molar-refractivity contribution in [1.29, 1.82) is 0 Å². The summed E-state index contributed by atoms with van der Waals surface area (Å²) in [6, 6.07) is 29.1. The summed E-state index contributed by atoms with van der Waals surface area (Å²) < 4.78 is 28.1. The molecule has 0 aliphatic heterocycles. The van der Waals surface area contributed by atoms with Crippen molar-refractivity contribution in [2.45, 2.75) is 28.5 Å². The number of hydrogen-bond donors (Lipinski definition) is 2. The molecule has 2 N–H and O–H groups in total. The van der Waals surface area contributed by atoms with Crippen LogP contribution in [0.1, 0.15) is 21.5 Å². The summed E-state index contributed by atoms with van der Waals surface area (Å²) in [5, 5.41) is 2.97. The van der Waals surface area contributed by atoms with Gasteiger partial charge in [-0.05, 0) is 74.0 Å². The number of nitrogens with one attached hydrogen (secondary N) is 2. The maximum atomic E-state index is 13.0. The van der Waals surface area contributed by atoms with Gasteiger partial charge in [0.1, 0.15) is 0 Å². The summed E-state index contributed by atoms with van der Waals surface area (Å²) in [6.07, 6.45) is 0. The van der Waals surface area contributed by atoms with E-state index in [1.54, 1.807) is 61.2 Å². The quantitative estimate of drug-likeness (QED) is 0.311. The monoisotopic (exact) mass is 488 g/mol. The third kappa shape index (κ3) is 5.68. The van der Waals surface area contributed by atoms with Gasteiger partial charge in [0.2, 0.25) is 0 Å². The van der Waals surface area contributed by atoms with Crippen LogP contribution in [0.5, 0.6) is 0 Å². The van der Waals surface area contributed by atoms with Gasteiger partial charge in [0.15, 0.2) is 0 Å². The maximum Gasteiger partial charge on any atom is 0.261 e. The molecular weight excluding hydrogens is 464 g/mol. The molecule has 0 fully saturated rings. The maximum absolute atomic E-state index is 13.0. The molecule has 0 heterocycles. The molecule has 4 aromatic carbocycles. The summed E-state index contributed by atoms with van der Waals surface area (Å²) in [6.45, 7) is 3.67. The minimum Gasteiger partial charge on any atom is -0.321 e. The zero-order chi connectivity index (χ0) is 24.1. The van der Waals surface area contributed by atoms with Crippen molar-refractivity contribution >= 4 is 39.1 Å². The molecule has 0 saturated carbocycles. The molecule has 0 saturated heterocycles. The Hall–Kier alpha value is -3.55. The molecule has 0 aliphatic carbocycles. The van der Waals surface area contributed by atoms with Crippen molar-refractivity contribution in [2.75, 3.05) is 10.0 Å². The van der Waals surface area contributed by atoms with Crippen LogP contribution < -0.4 is 10.0 Å². The molecule has 0 radical (unpaired) electrons. The van der Waals surface area contributed by atoms with Crippen LogP contribution in [0.2, 0.25) is 0 Å². The fourth-order valence-electron chi connectivity index (χ4n) is 3.31. The van der Waals surface area contributed by atoms with E-state index in [9.17, 15) is 13.2 Å². The number of amides is 1. The van der Waals surface area contributed by atoms with Crippen LogP contribution in [-0.2, 0) is 10.0 Å². The number of rotatable bonds is 7. The van der Waals surface area contributed by atoms with Crippen LogP contribution in [-0.4, -0.2) is 14.3 Å². The van der Waals surface area contributed by atoms with Gasteiger partial charge in [-0.15, -0.1) is 0 Å². The Bertz CT molecular complexity index is 1420. The van der Waals surface area contributed by atoms with E-state index in [4.69, 9.17) is 0 Å². The number of sulfonamides is 1. The third-order valence-corrected chi connectivity index (χ3v) is 7.64. The first-order chi connectivity index (χ1) is 16.3. The van der Waals surface area contributed by atoms with Gasteiger partial charge in [-0.3, -0.25) is 9.52 Å². The highest BCUT2D eigenvalue weighted by Crippen LogP contribution is 2.33. The first kappa shape index (κ1) is 23.6. The molecule has 172 valence electrons. The SMILES string of the molecule is Cc1ccc(S(=O)(=O)Nc2ccc(C(=O)Nc3ccccc3Sc3ccccc3)cc2C)cc1. The zero-order valence-corrected chi connectivity index (χ0v) is 20.4. The van der Waals surface area contributed by atoms with E-state index in [-0.39, 0.29) is 10.8 Å². The summed E-state index contributed by atoms with van der Waals surface area (Å²) in [5.74, 6) is -0.267. The second kappa shape index (κ2) is 10.2. The molecule has 0 aromatic heterocycles. The molecular formula is C27H24N2O3S2. The van der Waals surface area contributed by atoms with Crippen molar-refractivity contribution in [2.24, 2.45) is 0 Å². The van der Waals surface area contributed by atoms with Gasteiger partial charge in [0.25, 0.3) is 15.9 Å². The average Bonchev–Trinajstić information content (AvgIpc) is 2.82. The molecule has 34 heavy (non-hydrogen) atoms. The molecule has 0 unspecified atom stereocenters. The zero-order valence-electron chi connectivity index (χ0n) is 18.8. The molecule has 5 nitrogen and oxygen atoms in total. The van der Waals surface area contributed by atoms with Crippen LogP contribution in [0.3, 0.4) is 0 Å². The smallest absolute Gasteiger partial charge is 0.261 e. The lowest BCUT2D eigenvalue weighted by molar-refractivity contribution is 0.102. The van der Waals surface area contributed by atoms with Gasteiger partial charge in [0, 0.05) is 15.4 Å². The van der Waals surface area contributed by atoms with Gasteiger partial charge in [-0.1, -0.05) is 59.8 Å². The lowest BCUT2D eigenvalue weighted by atomic mass is 10.1.